The summed E-state index contributed by atoms with van der Waals surface area (Å²) < 4.78 is 9.26. The number of benzene rings is 3. The molecule has 3 aromatic carbocycles. The first-order valence-corrected chi connectivity index (χ1v) is 12.7. The molecule has 0 atom stereocenters. The predicted molar refractivity (Wildman–Crippen MR) is 154 cm³/mol. The number of aromatic amines is 1. The van der Waals surface area contributed by atoms with E-state index in [0.29, 0.717) is 36.3 Å². The van der Waals surface area contributed by atoms with Gasteiger partial charge < -0.3 is 20.0 Å². The van der Waals surface area contributed by atoms with Crippen LogP contribution in [0.1, 0.15) is 22.4 Å². The van der Waals surface area contributed by atoms with Crippen molar-refractivity contribution >= 4 is 45.1 Å². The van der Waals surface area contributed by atoms with Gasteiger partial charge in [0.25, 0.3) is 0 Å². The molecule has 3 aromatic heterocycles. The molecule has 9 nitrogen and oxygen atoms in total. The summed E-state index contributed by atoms with van der Waals surface area (Å²) in [6, 6.07) is 23.2. The minimum absolute atomic E-state index is 0.142. The number of nitrogens with zero attached hydrogens (tertiary/aromatic N) is 4. The van der Waals surface area contributed by atoms with Crippen LogP contribution < -0.4 is 10.5 Å². The van der Waals surface area contributed by atoms with E-state index in [1.165, 1.54) is 0 Å². The zero-order chi connectivity index (χ0) is 27.6. The molecule has 0 unspecified atom stereocenters. The van der Waals surface area contributed by atoms with Gasteiger partial charge in [-0.1, -0.05) is 53.7 Å². The smallest absolute Gasteiger partial charge is 0.250 e. The molecule has 0 saturated carbocycles. The van der Waals surface area contributed by atoms with Crippen LogP contribution in [0.25, 0.3) is 33.0 Å². The van der Waals surface area contributed by atoms with Gasteiger partial charge >= 0.3 is 0 Å². The Morgan fingerprint density at radius 3 is 2.55 bits per heavy atom. The minimum atomic E-state index is -0.695. The zero-order valence-corrected chi connectivity index (χ0v) is 21.7. The molecule has 6 rings (SSSR count). The molecule has 0 spiro atoms. The lowest BCUT2D eigenvalue weighted by Crippen LogP contribution is -2.15. The van der Waals surface area contributed by atoms with Crippen LogP contribution >= 0.6 is 0 Å². The van der Waals surface area contributed by atoms with Crippen LogP contribution in [-0.2, 0) is 22.7 Å². The Hall–Kier alpha value is -5.44. The van der Waals surface area contributed by atoms with Gasteiger partial charge in [0.15, 0.2) is 6.29 Å². The van der Waals surface area contributed by atoms with Gasteiger partial charge in [0.1, 0.15) is 11.4 Å². The maximum atomic E-state index is 12.9. The average molecular weight is 531 g/mol. The molecule has 0 aliphatic rings. The molecule has 0 saturated heterocycles. The number of amides is 1. The van der Waals surface area contributed by atoms with E-state index in [1.54, 1.807) is 18.0 Å². The Labute approximate surface area is 229 Å². The summed E-state index contributed by atoms with van der Waals surface area (Å²) in [5.41, 5.74) is 10.9. The molecule has 9 heteroatoms. The lowest BCUT2D eigenvalue weighted by Gasteiger charge is -2.08. The molecule has 0 aliphatic heterocycles. The molecule has 40 heavy (non-hydrogen) atoms. The van der Waals surface area contributed by atoms with E-state index in [-0.39, 0.29) is 11.1 Å². The summed E-state index contributed by atoms with van der Waals surface area (Å²) in [5, 5.41) is 10.2. The fourth-order valence-corrected chi connectivity index (χ4v) is 5.13. The first-order valence-electron chi connectivity index (χ1n) is 12.7. The number of aromatic nitrogens is 5. The third kappa shape index (κ3) is 4.54. The third-order valence-corrected chi connectivity index (χ3v) is 6.98. The maximum Gasteiger partial charge on any atom is 0.250 e. The average Bonchev–Trinajstić information content (AvgIpc) is 3.69. The molecule has 0 radical (unpaired) electrons. The largest absolute Gasteiger partial charge is 0.497 e. The standard InChI is InChI=1S/C31H26N6O3/c1-40-22-11-12-29-24(13-22)26(18-36(29)16-21-17-37(35-34-21)15-20-7-3-2-4-8-20)27(19-38)30(31(32)39)25-14-33-28-10-6-5-9-23(25)28/h2-14,17-19,33H,15-16H2,1H3,(H2,32,39)/b30-27+. The molecular formula is C31H26N6O3. The number of ether oxygens (including phenoxy) is 1. The molecule has 1 amide bonds. The molecule has 198 valence electrons. The lowest BCUT2D eigenvalue weighted by molar-refractivity contribution is -0.113. The fraction of sp³-hybridized carbons (Fsp3) is 0.0968. The minimum Gasteiger partial charge on any atom is -0.497 e. The van der Waals surface area contributed by atoms with Crippen molar-refractivity contribution in [3.63, 3.8) is 0 Å². The highest BCUT2D eigenvalue weighted by molar-refractivity contribution is 6.37. The van der Waals surface area contributed by atoms with Crippen molar-refractivity contribution < 1.29 is 14.3 Å². The van der Waals surface area contributed by atoms with Crippen molar-refractivity contribution in [2.24, 2.45) is 5.73 Å². The number of allylic oxidation sites excluding steroid dienone is 1. The highest BCUT2D eigenvalue weighted by Crippen LogP contribution is 2.36. The Kier molecular flexibility index (Phi) is 6.45. The number of nitrogens with one attached hydrogen (secondary N) is 1. The summed E-state index contributed by atoms with van der Waals surface area (Å²) in [7, 11) is 1.58. The number of aldehydes is 1. The highest BCUT2D eigenvalue weighted by atomic mass is 16.5. The van der Waals surface area contributed by atoms with Crippen LogP contribution in [0.5, 0.6) is 5.75 Å². The van der Waals surface area contributed by atoms with E-state index >= 15 is 0 Å². The summed E-state index contributed by atoms with van der Waals surface area (Å²) in [6.07, 6.45) is 6.15. The number of hydrogen-bond donors (Lipinski definition) is 2. The van der Waals surface area contributed by atoms with Crippen LogP contribution in [0.3, 0.4) is 0 Å². The van der Waals surface area contributed by atoms with Gasteiger partial charge in [0.05, 0.1) is 32.0 Å². The summed E-state index contributed by atoms with van der Waals surface area (Å²) in [5.74, 6) is -0.0715. The van der Waals surface area contributed by atoms with E-state index in [2.05, 4.69) is 15.3 Å². The second kappa shape index (κ2) is 10.4. The first kappa shape index (κ1) is 24.9. The Morgan fingerprint density at radius 2 is 1.77 bits per heavy atom. The first-order chi connectivity index (χ1) is 19.6. The van der Waals surface area contributed by atoms with Gasteiger partial charge in [-0.25, -0.2) is 4.68 Å². The lowest BCUT2D eigenvalue weighted by atomic mass is 9.94. The van der Waals surface area contributed by atoms with Crippen molar-refractivity contribution in [3.8, 4) is 5.75 Å². The predicted octanol–water partition coefficient (Wildman–Crippen LogP) is 4.41. The number of nitrogens with two attached hydrogens (primary N) is 1. The van der Waals surface area contributed by atoms with Crippen molar-refractivity contribution in [1.29, 1.82) is 0 Å². The normalized spacial score (nSPS) is 12.0. The van der Waals surface area contributed by atoms with E-state index in [1.807, 2.05) is 89.8 Å². The van der Waals surface area contributed by atoms with Crippen molar-refractivity contribution in [2.45, 2.75) is 13.1 Å². The molecule has 0 bridgehead atoms. The number of carbonyl (C=O) groups is 2. The van der Waals surface area contributed by atoms with Crippen molar-refractivity contribution in [1.82, 2.24) is 24.5 Å². The van der Waals surface area contributed by atoms with Crippen LogP contribution in [0, 0.1) is 0 Å². The maximum absolute atomic E-state index is 12.9. The topological polar surface area (TPSA) is 121 Å². The second-order valence-electron chi connectivity index (χ2n) is 9.47. The Bertz CT molecular complexity index is 1890. The highest BCUT2D eigenvalue weighted by Gasteiger charge is 2.23. The molecule has 6 aromatic rings. The fourth-order valence-electron chi connectivity index (χ4n) is 5.13. The van der Waals surface area contributed by atoms with Crippen LogP contribution in [0.15, 0.2) is 91.4 Å². The van der Waals surface area contributed by atoms with Gasteiger partial charge in [0, 0.05) is 50.9 Å². The number of hydrogen-bond acceptors (Lipinski definition) is 5. The van der Waals surface area contributed by atoms with Crippen LogP contribution in [0.2, 0.25) is 0 Å². The number of para-hydroxylation sites is 1. The number of primary amides is 1. The van der Waals surface area contributed by atoms with Gasteiger partial charge in [-0.15, -0.1) is 5.10 Å². The monoisotopic (exact) mass is 530 g/mol. The second-order valence-corrected chi connectivity index (χ2v) is 9.47. The van der Waals surface area contributed by atoms with E-state index in [0.717, 1.165) is 33.1 Å². The van der Waals surface area contributed by atoms with Crippen molar-refractivity contribution in [2.75, 3.05) is 7.11 Å². The zero-order valence-electron chi connectivity index (χ0n) is 21.7. The van der Waals surface area contributed by atoms with Crippen LogP contribution in [-0.4, -0.2) is 43.8 Å². The summed E-state index contributed by atoms with van der Waals surface area (Å²) >= 11 is 0. The van der Waals surface area contributed by atoms with Gasteiger partial charge in [-0.2, -0.15) is 0 Å². The molecule has 3 N–H and O–H groups in total. The molecule has 0 aliphatic carbocycles. The third-order valence-electron chi connectivity index (χ3n) is 6.98. The van der Waals surface area contributed by atoms with Gasteiger partial charge in [0.2, 0.25) is 5.91 Å². The van der Waals surface area contributed by atoms with Gasteiger partial charge in [-0.3, -0.25) is 9.59 Å². The molecule has 0 fully saturated rings. The number of fused-ring (bicyclic) bond motifs is 2. The Morgan fingerprint density at radius 1 is 0.975 bits per heavy atom. The number of carbonyl (C=O) groups excluding carboxylic acids is 2. The van der Waals surface area contributed by atoms with Crippen LogP contribution in [0.4, 0.5) is 0 Å². The number of rotatable bonds is 9. The Balaban J connectivity index is 1.47. The summed E-state index contributed by atoms with van der Waals surface area (Å²) in [4.78, 5) is 28.7. The molecule has 3 heterocycles. The molecular weight excluding hydrogens is 504 g/mol. The summed E-state index contributed by atoms with van der Waals surface area (Å²) in [6.45, 7) is 1.01. The van der Waals surface area contributed by atoms with E-state index in [9.17, 15) is 9.59 Å². The quantitative estimate of drug-likeness (QED) is 0.212. The van der Waals surface area contributed by atoms with E-state index in [4.69, 9.17) is 10.5 Å². The van der Waals surface area contributed by atoms with E-state index < -0.39 is 5.91 Å². The number of methoxy groups -OCH3 is 1. The SMILES string of the molecule is COc1ccc2c(c1)c(/C(C=O)=C(/C(N)=O)c1c[nH]c3ccccc13)cn2Cc1cn(Cc2ccccc2)nn1. The van der Waals surface area contributed by atoms with Crippen molar-refractivity contribution in [3.05, 3.63) is 114 Å². The number of H-pyrrole nitrogens is 1. The van der Waals surface area contributed by atoms with Gasteiger partial charge in [-0.05, 0) is 29.8 Å².